The molecule has 2 aromatic rings. The molecule has 2 fully saturated rings. The van der Waals surface area contributed by atoms with Crippen LogP contribution in [0.2, 0.25) is 0 Å². The zero-order chi connectivity index (χ0) is 22.9. The number of hydrogen-bond donors (Lipinski definition) is 0. The molecule has 4 rings (SSSR count). The molecule has 0 aliphatic heterocycles. The van der Waals surface area contributed by atoms with Crippen molar-refractivity contribution in [2.45, 2.75) is 122 Å². The Hall–Kier alpha value is -1.56. The van der Waals surface area contributed by atoms with Gasteiger partial charge in [-0.05, 0) is 97.3 Å². The Bertz CT molecular complexity index is 783. The van der Waals surface area contributed by atoms with Crippen LogP contribution in [0.5, 0.6) is 0 Å². The average molecular weight is 445 g/mol. The molecule has 2 aliphatic rings. The van der Waals surface area contributed by atoms with Crippen molar-refractivity contribution in [3.8, 4) is 11.1 Å². The van der Waals surface area contributed by atoms with Crippen LogP contribution >= 0.6 is 0 Å². The second-order valence-electron chi connectivity index (χ2n) is 11.3. The monoisotopic (exact) mass is 444 g/mol. The minimum absolute atomic E-state index is 0.788. The van der Waals surface area contributed by atoms with Gasteiger partial charge < -0.3 is 0 Å². The Balaban J connectivity index is 1.25. The normalized spacial score (nSPS) is 25.8. The van der Waals surface area contributed by atoms with Crippen LogP contribution in [0, 0.1) is 11.8 Å². The second kappa shape index (κ2) is 12.8. The summed E-state index contributed by atoms with van der Waals surface area (Å²) in [6.07, 6.45) is 21.3. The molecule has 2 saturated carbocycles. The summed E-state index contributed by atoms with van der Waals surface area (Å²) in [4.78, 5) is 0. The fraction of sp³-hybridized carbons (Fsp3) is 0.636. The highest BCUT2D eigenvalue weighted by Crippen LogP contribution is 2.39. The van der Waals surface area contributed by atoms with E-state index in [1.54, 1.807) is 11.1 Å². The van der Waals surface area contributed by atoms with Crippen LogP contribution in [-0.2, 0) is 0 Å². The maximum Gasteiger partial charge on any atom is -0.0162 e. The van der Waals surface area contributed by atoms with Gasteiger partial charge in [0.05, 0.1) is 0 Å². The van der Waals surface area contributed by atoms with E-state index in [4.69, 9.17) is 0 Å². The Labute approximate surface area is 204 Å². The lowest BCUT2D eigenvalue weighted by Crippen LogP contribution is -2.13. The maximum atomic E-state index is 2.42. The number of benzene rings is 2. The highest BCUT2D eigenvalue weighted by Gasteiger charge is 2.23. The van der Waals surface area contributed by atoms with Crippen molar-refractivity contribution < 1.29 is 0 Å². The Kier molecular flexibility index (Phi) is 9.51. The molecular weight excluding hydrogens is 396 g/mol. The molecule has 0 nitrogen and oxygen atoms in total. The lowest BCUT2D eigenvalue weighted by atomic mass is 9.76. The van der Waals surface area contributed by atoms with E-state index in [2.05, 4.69) is 62.4 Å². The fourth-order valence-corrected chi connectivity index (χ4v) is 6.62. The first-order valence-electron chi connectivity index (χ1n) is 14.5. The minimum atomic E-state index is 0.788. The quantitative estimate of drug-likeness (QED) is 0.320. The SMILES string of the molecule is CCCCCCC[C@H]1CC[C@H](c2ccc(-c3ccc([C@H]4CC[C@H](CC)CC4)cc3)cc2)CC1. The van der Waals surface area contributed by atoms with Crippen molar-refractivity contribution in [2.24, 2.45) is 11.8 Å². The van der Waals surface area contributed by atoms with Gasteiger partial charge in [-0.25, -0.2) is 0 Å². The third-order valence-electron chi connectivity index (χ3n) is 9.08. The summed E-state index contributed by atoms with van der Waals surface area (Å²) in [6, 6.07) is 19.1. The Morgan fingerprint density at radius 2 is 0.970 bits per heavy atom. The Morgan fingerprint density at radius 1 is 0.515 bits per heavy atom. The predicted molar refractivity (Wildman–Crippen MR) is 145 cm³/mol. The highest BCUT2D eigenvalue weighted by atomic mass is 14.3. The number of unbranched alkanes of at least 4 members (excludes halogenated alkanes) is 4. The van der Waals surface area contributed by atoms with Gasteiger partial charge in [-0.3, -0.25) is 0 Å². The van der Waals surface area contributed by atoms with Gasteiger partial charge in [0.1, 0.15) is 0 Å². The van der Waals surface area contributed by atoms with Gasteiger partial charge >= 0.3 is 0 Å². The van der Waals surface area contributed by atoms with Crippen molar-refractivity contribution in [3.63, 3.8) is 0 Å². The largest absolute Gasteiger partial charge is 0.0654 e. The van der Waals surface area contributed by atoms with Gasteiger partial charge in [-0.15, -0.1) is 0 Å². The first-order chi connectivity index (χ1) is 16.3. The van der Waals surface area contributed by atoms with Crippen molar-refractivity contribution >= 4 is 0 Å². The molecule has 0 spiro atoms. The van der Waals surface area contributed by atoms with Gasteiger partial charge in [-0.2, -0.15) is 0 Å². The molecule has 0 radical (unpaired) electrons. The van der Waals surface area contributed by atoms with E-state index in [1.165, 1.54) is 107 Å². The molecule has 0 atom stereocenters. The molecule has 0 aromatic heterocycles. The molecule has 0 amide bonds. The van der Waals surface area contributed by atoms with Crippen LogP contribution in [0.1, 0.15) is 133 Å². The molecule has 33 heavy (non-hydrogen) atoms. The standard InChI is InChI=1S/C33H48/c1-3-5-6-7-8-9-27-12-16-29(17-13-27)31-20-24-33(25-21-31)32-22-18-30(19-23-32)28-14-10-26(4-2)11-15-28/h18-29H,3-17H2,1-2H3/t26-,27-,28-,29-. The van der Waals surface area contributed by atoms with Gasteiger partial charge in [0.15, 0.2) is 0 Å². The molecule has 0 heteroatoms. The summed E-state index contributed by atoms with van der Waals surface area (Å²) in [5.74, 6) is 3.55. The van der Waals surface area contributed by atoms with Crippen molar-refractivity contribution in [1.82, 2.24) is 0 Å². The molecule has 0 bridgehead atoms. The topological polar surface area (TPSA) is 0 Å². The lowest BCUT2D eigenvalue weighted by Gasteiger charge is -2.29. The van der Waals surface area contributed by atoms with Gasteiger partial charge in [-0.1, -0.05) is 107 Å². The molecule has 2 aromatic carbocycles. The predicted octanol–water partition coefficient (Wildman–Crippen LogP) is 10.7. The van der Waals surface area contributed by atoms with Crippen molar-refractivity contribution in [3.05, 3.63) is 59.7 Å². The van der Waals surface area contributed by atoms with Crippen LogP contribution in [0.15, 0.2) is 48.5 Å². The van der Waals surface area contributed by atoms with E-state index in [0.29, 0.717) is 0 Å². The summed E-state index contributed by atoms with van der Waals surface area (Å²) in [6.45, 7) is 4.66. The second-order valence-corrected chi connectivity index (χ2v) is 11.3. The van der Waals surface area contributed by atoms with E-state index in [0.717, 1.165) is 23.7 Å². The van der Waals surface area contributed by atoms with E-state index in [-0.39, 0.29) is 0 Å². The number of hydrogen-bond acceptors (Lipinski definition) is 0. The average Bonchev–Trinajstić information content (AvgIpc) is 2.89. The highest BCUT2D eigenvalue weighted by molar-refractivity contribution is 5.64. The molecule has 0 unspecified atom stereocenters. The Morgan fingerprint density at radius 3 is 1.42 bits per heavy atom. The lowest BCUT2D eigenvalue weighted by molar-refractivity contribution is 0.302. The summed E-state index contributed by atoms with van der Waals surface area (Å²) in [5, 5.41) is 0. The third-order valence-corrected chi connectivity index (χ3v) is 9.08. The van der Waals surface area contributed by atoms with E-state index >= 15 is 0 Å². The molecule has 2 aliphatic carbocycles. The summed E-state index contributed by atoms with van der Waals surface area (Å²) in [7, 11) is 0. The smallest absolute Gasteiger partial charge is 0.0162 e. The van der Waals surface area contributed by atoms with Crippen molar-refractivity contribution in [1.29, 1.82) is 0 Å². The molecular formula is C33H48. The summed E-state index contributed by atoms with van der Waals surface area (Å²) < 4.78 is 0. The van der Waals surface area contributed by atoms with Gasteiger partial charge in [0.2, 0.25) is 0 Å². The first kappa shape index (κ1) is 24.6. The van der Waals surface area contributed by atoms with Crippen LogP contribution in [-0.4, -0.2) is 0 Å². The molecule has 0 heterocycles. The van der Waals surface area contributed by atoms with E-state index in [9.17, 15) is 0 Å². The van der Waals surface area contributed by atoms with Gasteiger partial charge in [0.25, 0.3) is 0 Å². The summed E-state index contributed by atoms with van der Waals surface area (Å²) >= 11 is 0. The summed E-state index contributed by atoms with van der Waals surface area (Å²) in [5.41, 5.74) is 5.89. The minimum Gasteiger partial charge on any atom is -0.0654 e. The zero-order valence-corrected chi connectivity index (χ0v) is 21.5. The molecule has 180 valence electrons. The first-order valence-corrected chi connectivity index (χ1v) is 14.5. The molecule has 0 N–H and O–H groups in total. The zero-order valence-electron chi connectivity index (χ0n) is 21.5. The fourth-order valence-electron chi connectivity index (χ4n) is 6.62. The van der Waals surface area contributed by atoms with Crippen LogP contribution in [0.25, 0.3) is 11.1 Å². The van der Waals surface area contributed by atoms with Crippen LogP contribution in [0.4, 0.5) is 0 Å². The van der Waals surface area contributed by atoms with E-state index in [1.807, 2.05) is 0 Å². The van der Waals surface area contributed by atoms with Crippen LogP contribution < -0.4 is 0 Å². The van der Waals surface area contributed by atoms with E-state index < -0.39 is 0 Å². The molecule has 0 saturated heterocycles. The van der Waals surface area contributed by atoms with Crippen LogP contribution in [0.3, 0.4) is 0 Å². The number of rotatable bonds is 10. The maximum absolute atomic E-state index is 2.42. The van der Waals surface area contributed by atoms with Gasteiger partial charge in [0, 0.05) is 0 Å². The van der Waals surface area contributed by atoms with Crippen molar-refractivity contribution in [2.75, 3.05) is 0 Å². The third kappa shape index (κ3) is 6.97.